The molecule has 0 aliphatic heterocycles. The Morgan fingerprint density at radius 2 is 1.57 bits per heavy atom. The Kier molecular flexibility index (Phi) is 4.33. The first kappa shape index (κ1) is 15.5. The van der Waals surface area contributed by atoms with E-state index < -0.39 is 12.2 Å². The van der Waals surface area contributed by atoms with Gasteiger partial charge in [-0.1, -0.05) is 49.6 Å². The zero-order chi connectivity index (χ0) is 16.4. The zero-order valence-electron chi connectivity index (χ0n) is 13.2. The fraction of sp³-hybridized carbons (Fsp3) is 0.200. The molecule has 1 aliphatic carbocycles. The molecule has 0 saturated heterocycles. The topological polar surface area (TPSA) is 38.7 Å². The van der Waals surface area contributed by atoms with Crippen LogP contribution in [0.3, 0.4) is 0 Å². The summed E-state index contributed by atoms with van der Waals surface area (Å²) in [4.78, 5) is 0. The van der Waals surface area contributed by atoms with Gasteiger partial charge in [-0.25, -0.2) is 0 Å². The number of benzene rings is 2. The fourth-order valence-electron chi connectivity index (χ4n) is 2.83. The maximum Gasteiger partial charge on any atom is 0.118 e. The van der Waals surface area contributed by atoms with Crippen LogP contribution in [0.1, 0.15) is 16.7 Å². The summed E-state index contributed by atoms with van der Waals surface area (Å²) in [5, 5.41) is 10.5. The van der Waals surface area contributed by atoms with E-state index in [-0.39, 0.29) is 0 Å². The Hall–Kier alpha value is -2.36. The van der Waals surface area contributed by atoms with Crippen LogP contribution in [0.15, 0.2) is 61.7 Å². The fourth-order valence-corrected chi connectivity index (χ4v) is 2.83. The number of hydrogen-bond acceptors (Lipinski definition) is 3. The van der Waals surface area contributed by atoms with Crippen molar-refractivity contribution in [1.29, 1.82) is 0 Å². The van der Waals surface area contributed by atoms with Crippen LogP contribution in [0, 0.1) is 0 Å². The van der Waals surface area contributed by atoms with Crippen molar-refractivity contribution in [2.45, 2.75) is 18.8 Å². The summed E-state index contributed by atoms with van der Waals surface area (Å²) in [7, 11) is 1.64. The van der Waals surface area contributed by atoms with Gasteiger partial charge in [0.15, 0.2) is 0 Å². The summed E-state index contributed by atoms with van der Waals surface area (Å²) in [6.07, 6.45) is -1.27. The molecule has 3 rings (SSSR count). The Morgan fingerprint density at radius 1 is 0.957 bits per heavy atom. The van der Waals surface area contributed by atoms with Crippen molar-refractivity contribution in [3.63, 3.8) is 0 Å². The molecule has 0 unspecified atom stereocenters. The largest absolute Gasteiger partial charge is 0.497 e. The lowest BCUT2D eigenvalue weighted by Crippen LogP contribution is -2.34. The summed E-state index contributed by atoms with van der Waals surface area (Å²) >= 11 is 0. The van der Waals surface area contributed by atoms with E-state index >= 15 is 0 Å². The molecule has 2 atom stereocenters. The third kappa shape index (κ3) is 2.93. The number of fused-ring (bicyclic) bond motifs is 1. The average Bonchev–Trinajstić information content (AvgIpc) is 2.60. The normalized spacial score (nSPS) is 20.3. The minimum absolute atomic E-state index is 0.389. The lowest BCUT2D eigenvalue weighted by atomic mass is 9.81. The predicted octanol–water partition coefficient (Wildman–Crippen LogP) is 3.68. The summed E-state index contributed by atoms with van der Waals surface area (Å²) in [5.74, 6) is 0.804. The summed E-state index contributed by atoms with van der Waals surface area (Å²) in [5.41, 5.74) is 4.40. The van der Waals surface area contributed by atoms with Gasteiger partial charge in [-0.05, 0) is 40.0 Å². The van der Waals surface area contributed by atoms with Gasteiger partial charge in [-0.3, -0.25) is 0 Å². The Morgan fingerprint density at radius 3 is 2.17 bits per heavy atom. The molecular formula is C20H20O3. The van der Waals surface area contributed by atoms with Gasteiger partial charge in [-0.15, -0.1) is 0 Å². The summed E-state index contributed by atoms with van der Waals surface area (Å²) in [6, 6.07) is 15.5. The molecule has 118 valence electrons. The third-order valence-corrected chi connectivity index (χ3v) is 4.19. The molecule has 23 heavy (non-hydrogen) atoms. The van der Waals surface area contributed by atoms with E-state index in [0.717, 1.165) is 28.0 Å². The van der Waals surface area contributed by atoms with Crippen molar-refractivity contribution < 1.29 is 14.6 Å². The molecule has 1 N–H and O–H groups in total. The van der Waals surface area contributed by atoms with Crippen LogP contribution in [0.2, 0.25) is 0 Å². The minimum atomic E-state index is -0.782. The van der Waals surface area contributed by atoms with Gasteiger partial charge >= 0.3 is 0 Å². The molecule has 0 bridgehead atoms. The molecule has 0 amide bonds. The van der Waals surface area contributed by atoms with Crippen LogP contribution in [0.5, 0.6) is 5.75 Å². The van der Waals surface area contributed by atoms with Crippen LogP contribution in [0.4, 0.5) is 0 Å². The van der Waals surface area contributed by atoms with Crippen molar-refractivity contribution in [1.82, 2.24) is 0 Å². The van der Waals surface area contributed by atoms with Crippen LogP contribution in [0.25, 0.3) is 11.1 Å². The summed E-state index contributed by atoms with van der Waals surface area (Å²) in [6.45, 7) is 8.52. The number of hydrogen-bond donors (Lipinski definition) is 1. The highest BCUT2D eigenvalue weighted by atomic mass is 16.5. The van der Waals surface area contributed by atoms with Gasteiger partial charge in [0.2, 0.25) is 0 Å². The number of rotatable bonds is 4. The molecular weight excluding hydrogens is 288 g/mol. The van der Waals surface area contributed by atoms with E-state index in [2.05, 4.69) is 13.2 Å². The van der Waals surface area contributed by atoms with Gasteiger partial charge in [0, 0.05) is 0 Å². The SMILES string of the molecule is C=C1c2ccccc2C(=C)[C@@H](OCc2ccc(OC)cc2)[C@@H]1O. The number of ether oxygens (including phenoxy) is 2. The second-order valence-corrected chi connectivity index (χ2v) is 5.62. The van der Waals surface area contributed by atoms with Crippen molar-refractivity contribution in [3.8, 4) is 5.75 Å². The Balaban J connectivity index is 1.77. The third-order valence-electron chi connectivity index (χ3n) is 4.19. The predicted molar refractivity (Wildman–Crippen MR) is 92.1 cm³/mol. The maximum atomic E-state index is 10.5. The minimum Gasteiger partial charge on any atom is -0.497 e. The Bertz CT molecular complexity index is 731. The second-order valence-electron chi connectivity index (χ2n) is 5.62. The molecule has 2 aromatic rings. The number of methoxy groups -OCH3 is 1. The van der Waals surface area contributed by atoms with E-state index in [1.165, 1.54) is 0 Å². The molecule has 0 heterocycles. The highest BCUT2D eigenvalue weighted by Crippen LogP contribution is 2.38. The van der Waals surface area contributed by atoms with E-state index in [0.29, 0.717) is 12.2 Å². The lowest BCUT2D eigenvalue weighted by molar-refractivity contribution is 0.0107. The van der Waals surface area contributed by atoms with Gasteiger partial charge in [0.25, 0.3) is 0 Å². The number of aliphatic hydroxyl groups excluding tert-OH is 1. The highest BCUT2D eigenvalue weighted by Gasteiger charge is 2.33. The Labute approximate surface area is 136 Å². The molecule has 0 radical (unpaired) electrons. The van der Waals surface area contributed by atoms with Crippen LogP contribution >= 0.6 is 0 Å². The van der Waals surface area contributed by atoms with Crippen LogP contribution in [-0.4, -0.2) is 24.4 Å². The smallest absolute Gasteiger partial charge is 0.118 e. The van der Waals surface area contributed by atoms with Crippen molar-refractivity contribution in [2.24, 2.45) is 0 Å². The molecule has 2 aromatic carbocycles. The van der Waals surface area contributed by atoms with Crippen LogP contribution in [-0.2, 0) is 11.3 Å². The van der Waals surface area contributed by atoms with Gasteiger partial charge < -0.3 is 14.6 Å². The molecule has 0 fully saturated rings. The molecule has 3 nitrogen and oxygen atoms in total. The second kappa shape index (κ2) is 6.41. The highest BCUT2D eigenvalue weighted by molar-refractivity contribution is 5.87. The van der Waals surface area contributed by atoms with Gasteiger partial charge in [-0.2, -0.15) is 0 Å². The van der Waals surface area contributed by atoms with Gasteiger partial charge in [0.1, 0.15) is 18.0 Å². The number of aliphatic hydroxyl groups is 1. The molecule has 0 spiro atoms. The lowest BCUT2D eigenvalue weighted by Gasteiger charge is -2.33. The molecule has 3 heteroatoms. The molecule has 0 saturated carbocycles. The average molecular weight is 308 g/mol. The van der Waals surface area contributed by atoms with E-state index in [1.807, 2.05) is 48.5 Å². The van der Waals surface area contributed by atoms with Crippen LogP contribution < -0.4 is 4.74 Å². The van der Waals surface area contributed by atoms with Crippen molar-refractivity contribution >= 4 is 11.1 Å². The van der Waals surface area contributed by atoms with E-state index in [1.54, 1.807) is 7.11 Å². The first-order chi connectivity index (χ1) is 11.1. The van der Waals surface area contributed by atoms with Gasteiger partial charge in [0.05, 0.1) is 13.7 Å². The first-order valence-electron chi connectivity index (χ1n) is 7.52. The van der Waals surface area contributed by atoms with Crippen molar-refractivity contribution in [2.75, 3.05) is 7.11 Å². The van der Waals surface area contributed by atoms with Crippen molar-refractivity contribution in [3.05, 3.63) is 78.4 Å². The molecule has 1 aliphatic rings. The first-order valence-corrected chi connectivity index (χ1v) is 7.52. The summed E-state index contributed by atoms with van der Waals surface area (Å²) < 4.78 is 11.1. The maximum absolute atomic E-state index is 10.5. The molecule has 0 aromatic heterocycles. The quantitative estimate of drug-likeness (QED) is 0.936. The zero-order valence-corrected chi connectivity index (χ0v) is 13.2. The van der Waals surface area contributed by atoms with E-state index in [9.17, 15) is 5.11 Å². The standard InChI is InChI=1S/C20H20O3/c1-13-17-6-4-5-7-18(17)14(2)20(19(13)21)23-12-15-8-10-16(22-3)11-9-15/h4-11,19-21H,1-2,12H2,3H3/t19-,20-/m1/s1. The van der Waals surface area contributed by atoms with E-state index in [4.69, 9.17) is 9.47 Å². The monoisotopic (exact) mass is 308 g/mol.